The third kappa shape index (κ3) is 2.68. The summed E-state index contributed by atoms with van der Waals surface area (Å²) in [6.07, 6.45) is 1.12. The molecule has 1 aromatic rings. The summed E-state index contributed by atoms with van der Waals surface area (Å²) in [4.78, 5) is 31.5. The summed E-state index contributed by atoms with van der Waals surface area (Å²) >= 11 is 0. The van der Waals surface area contributed by atoms with Crippen molar-refractivity contribution in [3.63, 3.8) is 0 Å². The van der Waals surface area contributed by atoms with E-state index in [2.05, 4.69) is 5.10 Å². The number of hydrogen-bond donors (Lipinski definition) is 1. The molecule has 10 heteroatoms. The number of hydrogen-bond acceptors (Lipinski definition) is 6. The van der Waals surface area contributed by atoms with Gasteiger partial charge in [0.15, 0.2) is 5.76 Å². The van der Waals surface area contributed by atoms with Gasteiger partial charge < -0.3 is 9.89 Å². The highest BCUT2D eigenvalue weighted by Gasteiger charge is 2.26. The Labute approximate surface area is 99.3 Å². The number of furan rings is 1. The second kappa shape index (κ2) is 5.05. The molecule has 0 spiro atoms. The molecule has 1 aromatic heterocycles. The lowest BCUT2D eigenvalue weighted by Gasteiger charge is -2.02. The molecule has 18 heavy (non-hydrogen) atoms. The van der Waals surface area contributed by atoms with Gasteiger partial charge in [0.2, 0.25) is 5.91 Å². The summed E-state index contributed by atoms with van der Waals surface area (Å²) in [6, 6.07) is 1.85. The van der Waals surface area contributed by atoms with E-state index in [1.165, 1.54) is 6.07 Å². The first-order valence-corrected chi connectivity index (χ1v) is 4.46. The topological polar surface area (TPSA) is 150 Å². The summed E-state index contributed by atoms with van der Waals surface area (Å²) in [5, 5.41) is 16.9. The van der Waals surface area contributed by atoms with Crippen molar-refractivity contribution in [1.29, 1.82) is 0 Å². The van der Waals surface area contributed by atoms with E-state index < -0.39 is 22.7 Å². The highest BCUT2D eigenvalue weighted by Crippen LogP contribution is 2.14. The third-order valence-corrected chi connectivity index (χ3v) is 1.89. The molecule has 3 N–H and O–H groups in total. The van der Waals surface area contributed by atoms with Crippen LogP contribution in [0.1, 0.15) is 5.76 Å². The van der Waals surface area contributed by atoms with Crippen LogP contribution < -0.4 is 5.32 Å². The Balaban J connectivity index is 0.00000162. The van der Waals surface area contributed by atoms with E-state index in [1.54, 1.807) is 0 Å². The van der Waals surface area contributed by atoms with E-state index in [0.29, 0.717) is 0 Å². The van der Waals surface area contributed by atoms with Crippen molar-refractivity contribution in [1.82, 2.24) is 10.3 Å². The number of amides is 3. The molecular weight excluding hydrogens is 248 g/mol. The predicted molar refractivity (Wildman–Crippen MR) is 56.8 cm³/mol. The largest absolute Gasteiger partial charge is 0.433 e. The maximum atomic E-state index is 11.1. The first-order valence-electron chi connectivity index (χ1n) is 4.46. The molecular formula is C8H8N4O6. The van der Waals surface area contributed by atoms with Crippen molar-refractivity contribution in [2.75, 3.05) is 6.54 Å². The lowest BCUT2D eigenvalue weighted by Crippen LogP contribution is -2.24. The quantitative estimate of drug-likeness (QED) is 0.326. The van der Waals surface area contributed by atoms with Crippen LogP contribution >= 0.6 is 0 Å². The Kier molecular flexibility index (Phi) is 3.74. The fourth-order valence-electron chi connectivity index (χ4n) is 1.16. The van der Waals surface area contributed by atoms with Gasteiger partial charge >= 0.3 is 11.9 Å². The fourth-order valence-corrected chi connectivity index (χ4v) is 1.16. The maximum absolute atomic E-state index is 11.1. The van der Waals surface area contributed by atoms with Crippen LogP contribution in [0.2, 0.25) is 0 Å². The monoisotopic (exact) mass is 256 g/mol. The van der Waals surface area contributed by atoms with Crippen LogP contribution in [0.3, 0.4) is 0 Å². The van der Waals surface area contributed by atoms with Crippen molar-refractivity contribution in [2.45, 2.75) is 0 Å². The molecule has 3 amide bonds. The van der Waals surface area contributed by atoms with Gasteiger partial charge in [-0.05, 0) is 6.07 Å². The highest BCUT2D eigenvalue weighted by atomic mass is 16.6. The second-order valence-corrected chi connectivity index (χ2v) is 3.09. The second-order valence-electron chi connectivity index (χ2n) is 3.09. The predicted octanol–water partition coefficient (Wildman–Crippen LogP) is -0.751. The minimum Gasteiger partial charge on any atom is -0.412 e. The molecule has 0 aliphatic carbocycles. The standard InChI is InChI=1S/C8H6N4O5.H2O/c13-6-4-11(8(14)10-6)9-3-5-1-2-7(17-5)12(15)16;/h1-3H,4H2,(H,10,13,14);1H2/b9-3-;. The summed E-state index contributed by atoms with van der Waals surface area (Å²) in [6.45, 7) is -0.182. The summed E-state index contributed by atoms with van der Waals surface area (Å²) < 4.78 is 4.78. The number of carbonyl (C=O) groups is 2. The average Bonchev–Trinajstić information content (AvgIpc) is 2.82. The Morgan fingerprint density at radius 3 is 2.72 bits per heavy atom. The first kappa shape index (κ1) is 13.3. The molecule has 0 saturated carbocycles. The highest BCUT2D eigenvalue weighted by molar-refractivity contribution is 6.02. The van der Waals surface area contributed by atoms with Crippen LogP contribution in [0.25, 0.3) is 0 Å². The number of nitrogens with one attached hydrogen (secondary N) is 1. The molecule has 0 bridgehead atoms. The SMILES string of the molecule is O.O=C1CN(/N=C\c2ccc([N+](=O)[O-])o2)C(=O)N1. The van der Waals surface area contributed by atoms with Crippen LogP contribution in [0.15, 0.2) is 21.7 Å². The normalized spacial score (nSPS) is 14.8. The zero-order chi connectivity index (χ0) is 12.4. The van der Waals surface area contributed by atoms with Crippen LogP contribution in [0.5, 0.6) is 0 Å². The smallest absolute Gasteiger partial charge is 0.412 e. The molecule has 10 nitrogen and oxygen atoms in total. The van der Waals surface area contributed by atoms with Crippen LogP contribution in [-0.4, -0.2) is 40.1 Å². The number of carbonyl (C=O) groups excluding carboxylic acids is 2. The van der Waals surface area contributed by atoms with E-state index in [9.17, 15) is 19.7 Å². The molecule has 0 atom stereocenters. The van der Waals surface area contributed by atoms with Gasteiger partial charge in [-0.15, -0.1) is 0 Å². The molecule has 0 radical (unpaired) electrons. The van der Waals surface area contributed by atoms with Gasteiger partial charge in [0.05, 0.1) is 12.3 Å². The number of nitrogens with zero attached hydrogens (tertiary/aromatic N) is 3. The molecule has 1 saturated heterocycles. The van der Waals surface area contributed by atoms with Crippen molar-refractivity contribution >= 4 is 24.0 Å². The maximum Gasteiger partial charge on any atom is 0.433 e. The number of urea groups is 1. The van der Waals surface area contributed by atoms with E-state index in [0.717, 1.165) is 17.3 Å². The molecule has 2 heterocycles. The number of hydrazone groups is 1. The Morgan fingerprint density at radius 1 is 1.50 bits per heavy atom. The van der Waals surface area contributed by atoms with E-state index in [-0.39, 0.29) is 17.8 Å². The van der Waals surface area contributed by atoms with Crippen molar-refractivity contribution in [3.05, 3.63) is 28.0 Å². The number of imide groups is 1. The first-order chi connectivity index (χ1) is 8.06. The average molecular weight is 256 g/mol. The Morgan fingerprint density at radius 2 is 2.22 bits per heavy atom. The van der Waals surface area contributed by atoms with Crippen LogP contribution in [0.4, 0.5) is 10.7 Å². The van der Waals surface area contributed by atoms with Gasteiger partial charge in [-0.1, -0.05) is 0 Å². The van der Waals surface area contributed by atoms with Crippen LogP contribution in [0, 0.1) is 10.1 Å². The fraction of sp³-hybridized carbons (Fsp3) is 0.125. The van der Waals surface area contributed by atoms with Gasteiger partial charge in [-0.2, -0.15) is 5.10 Å². The van der Waals surface area contributed by atoms with E-state index >= 15 is 0 Å². The molecule has 96 valence electrons. The Hall–Kier alpha value is -2.75. The van der Waals surface area contributed by atoms with Gasteiger partial charge in [0.25, 0.3) is 0 Å². The van der Waals surface area contributed by atoms with Crippen molar-refractivity contribution < 1.29 is 24.4 Å². The summed E-state index contributed by atoms with van der Waals surface area (Å²) in [7, 11) is 0. The lowest BCUT2D eigenvalue weighted by molar-refractivity contribution is -0.402. The number of rotatable bonds is 3. The van der Waals surface area contributed by atoms with Crippen molar-refractivity contribution in [2.24, 2.45) is 5.10 Å². The molecule has 1 aliphatic rings. The molecule has 2 rings (SSSR count). The van der Waals surface area contributed by atoms with Gasteiger partial charge in [0, 0.05) is 0 Å². The molecule has 0 unspecified atom stereocenters. The summed E-state index contributed by atoms with van der Waals surface area (Å²) in [5.41, 5.74) is 0. The van der Waals surface area contributed by atoms with Gasteiger partial charge in [-0.3, -0.25) is 20.2 Å². The zero-order valence-electron chi connectivity index (χ0n) is 8.82. The third-order valence-electron chi connectivity index (χ3n) is 1.89. The van der Waals surface area contributed by atoms with E-state index in [4.69, 9.17) is 4.42 Å². The van der Waals surface area contributed by atoms with Crippen molar-refractivity contribution in [3.8, 4) is 0 Å². The molecule has 0 aromatic carbocycles. The van der Waals surface area contributed by atoms with Gasteiger partial charge in [-0.25, -0.2) is 9.80 Å². The number of nitro groups is 1. The molecule has 1 fully saturated rings. The zero-order valence-corrected chi connectivity index (χ0v) is 8.82. The lowest BCUT2D eigenvalue weighted by atomic mass is 10.5. The summed E-state index contributed by atoms with van der Waals surface area (Å²) in [5.74, 6) is -0.769. The van der Waals surface area contributed by atoms with E-state index in [1.807, 2.05) is 5.32 Å². The molecule has 1 aliphatic heterocycles. The van der Waals surface area contributed by atoms with Gasteiger partial charge in [0.1, 0.15) is 11.5 Å². The van der Waals surface area contributed by atoms with Crippen LogP contribution in [-0.2, 0) is 4.79 Å². The minimum absolute atomic E-state index is 0. The Bertz CT molecular complexity index is 521. The minimum atomic E-state index is -0.691.